The highest BCUT2D eigenvalue weighted by atomic mass is 16.5. The Hall–Kier alpha value is -3.34. The Morgan fingerprint density at radius 1 is 0.963 bits per heavy atom. The smallest absolute Gasteiger partial charge is 0.252 e. The SMILES string of the molecule is COc1ccc(C(=O)N[C@H](c2ccc(C)cc2)c2cccnc2)cc1OC. The van der Waals surface area contributed by atoms with Crippen LogP contribution in [-0.2, 0) is 0 Å². The van der Waals surface area contributed by atoms with E-state index in [4.69, 9.17) is 9.47 Å². The largest absolute Gasteiger partial charge is 0.493 e. The van der Waals surface area contributed by atoms with Crippen LogP contribution in [0, 0.1) is 6.92 Å². The molecule has 0 bridgehead atoms. The quantitative estimate of drug-likeness (QED) is 0.722. The first-order valence-electron chi connectivity index (χ1n) is 8.61. The molecule has 0 aliphatic rings. The minimum absolute atomic E-state index is 0.203. The van der Waals surface area contributed by atoms with Crippen LogP contribution < -0.4 is 14.8 Å². The van der Waals surface area contributed by atoms with Gasteiger partial charge in [0.15, 0.2) is 11.5 Å². The second-order valence-electron chi connectivity index (χ2n) is 6.17. The third-order valence-corrected chi connectivity index (χ3v) is 4.35. The lowest BCUT2D eigenvalue weighted by Gasteiger charge is -2.20. The van der Waals surface area contributed by atoms with Gasteiger partial charge in [-0.2, -0.15) is 0 Å². The molecule has 0 aliphatic heterocycles. The van der Waals surface area contributed by atoms with Gasteiger partial charge in [-0.25, -0.2) is 0 Å². The Bertz CT molecular complexity index is 909. The van der Waals surface area contributed by atoms with Crippen molar-refractivity contribution in [2.24, 2.45) is 0 Å². The van der Waals surface area contributed by atoms with Crippen LogP contribution in [0.1, 0.15) is 33.1 Å². The Balaban J connectivity index is 1.92. The third-order valence-electron chi connectivity index (χ3n) is 4.35. The fraction of sp³-hybridized carbons (Fsp3) is 0.182. The first kappa shape index (κ1) is 18.5. The lowest BCUT2D eigenvalue weighted by molar-refractivity contribution is 0.0942. The normalized spacial score (nSPS) is 11.5. The molecule has 1 heterocycles. The number of methoxy groups -OCH3 is 2. The van der Waals surface area contributed by atoms with E-state index in [1.54, 1.807) is 44.8 Å². The topological polar surface area (TPSA) is 60.5 Å². The molecular formula is C22H22N2O3. The second kappa shape index (κ2) is 8.36. The van der Waals surface area contributed by atoms with Crippen LogP contribution in [0.4, 0.5) is 0 Å². The Morgan fingerprint density at radius 3 is 2.33 bits per heavy atom. The van der Waals surface area contributed by atoms with Gasteiger partial charge in [0.2, 0.25) is 0 Å². The van der Waals surface area contributed by atoms with Crippen LogP contribution in [0.15, 0.2) is 67.0 Å². The van der Waals surface area contributed by atoms with Crippen molar-refractivity contribution in [1.82, 2.24) is 10.3 Å². The molecule has 1 N–H and O–H groups in total. The highest BCUT2D eigenvalue weighted by Gasteiger charge is 2.19. The van der Waals surface area contributed by atoms with E-state index >= 15 is 0 Å². The number of nitrogens with zero attached hydrogens (tertiary/aromatic N) is 1. The van der Waals surface area contributed by atoms with Crippen LogP contribution in [0.25, 0.3) is 0 Å². The van der Waals surface area contributed by atoms with Crippen molar-refractivity contribution in [3.63, 3.8) is 0 Å². The molecule has 0 saturated heterocycles. The van der Waals surface area contributed by atoms with Crippen molar-refractivity contribution < 1.29 is 14.3 Å². The van der Waals surface area contributed by atoms with E-state index in [9.17, 15) is 4.79 Å². The van der Waals surface area contributed by atoms with Gasteiger partial charge in [0.05, 0.1) is 20.3 Å². The predicted octanol–water partition coefficient (Wildman–Crippen LogP) is 3.93. The van der Waals surface area contributed by atoms with Crippen molar-refractivity contribution in [3.8, 4) is 11.5 Å². The summed E-state index contributed by atoms with van der Waals surface area (Å²) in [5.74, 6) is 0.889. The molecule has 1 atom stereocenters. The summed E-state index contributed by atoms with van der Waals surface area (Å²) >= 11 is 0. The second-order valence-corrected chi connectivity index (χ2v) is 6.17. The number of carbonyl (C=O) groups is 1. The highest BCUT2D eigenvalue weighted by Crippen LogP contribution is 2.28. The number of ether oxygens (including phenoxy) is 2. The van der Waals surface area contributed by atoms with E-state index in [1.165, 1.54) is 0 Å². The molecule has 2 aromatic carbocycles. The summed E-state index contributed by atoms with van der Waals surface area (Å²) in [6, 6.07) is 16.7. The van der Waals surface area contributed by atoms with E-state index in [2.05, 4.69) is 10.3 Å². The molecule has 0 saturated carbocycles. The summed E-state index contributed by atoms with van der Waals surface area (Å²) in [5, 5.41) is 3.10. The van der Waals surface area contributed by atoms with Crippen LogP contribution >= 0.6 is 0 Å². The van der Waals surface area contributed by atoms with E-state index in [0.29, 0.717) is 17.1 Å². The van der Waals surface area contributed by atoms with E-state index in [0.717, 1.165) is 16.7 Å². The third kappa shape index (κ3) is 4.26. The first-order valence-corrected chi connectivity index (χ1v) is 8.61. The molecule has 0 spiro atoms. The van der Waals surface area contributed by atoms with Crippen molar-refractivity contribution >= 4 is 5.91 Å². The molecule has 0 unspecified atom stereocenters. The first-order chi connectivity index (χ1) is 13.1. The molecule has 5 heteroatoms. The lowest BCUT2D eigenvalue weighted by atomic mass is 9.98. The number of aromatic nitrogens is 1. The maximum Gasteiger partial charge on any atom is 0.252 e. The monoisotopic (exact) mass is 362 g/mol. The number of nitrogens with one attached hydrogen (secondary N) is 1. The average molecular weight is 362 g/mol. The molecule has 0 aliphatic carbocycles. The van der Waals surface area contributed by atoms with Crippen molar-refractivity contribution in [2.75, 3.05) is 14.2 Å². The summed E-state index contributed by atoms with van der Waals surface area (Å²) in [6.07, 6.45) is 3.48. The van der Waals surface area contributed by atoms with Gasteiger partial charge in [0, 0.05) is 18.0 Å². The molecular weight excluding hydrogens is 340 g/mol. The minimum Gasteiger partial charge on any atom is -0.493 e. The van der Waals surface area contributed by atoms with E-state index in [1.807, 2.05) is 43.3 Å². The molecule has 3 rings (SSSR count). The van der Waals surface area contributed by atoms with Gasteiger partial charge < -0.3 is 14.8 Å². The fourth-order valence-electron chi connectivity index (χ4n) is 2.86. The predicted molar refractivity (Wildman–Crippen MR) is 104 cm³/mol. The number of carbonyl (C=O) groups excluding carboxylic acids is 1. The summed E-state index contributed by atoms with van der Waals surface area (Å²) in [7, 11) is 3.11. The highest BCUT2D eigenvalue weighted by molar-refractivity contribution is 5.95. The maximum atomic E-state index is 12.9. The summed E-state index contributed by atoms with van der Waals surface area (Å²) in [4.78, 5) is 17.1. The Morgan fingerprint density at radius 2 is 1.70 bits per heavy atom. The average Bonchev–Trinajstić information content (AvgIpc) is 2.72. The number of amides is 1. The number of pyridine rings is 1. The van der Waals surface area contributed by atoms with Gasteiger partial charge in [-0.1, -0.05) is 35.9 Å². The number of hydrogen-bond acceptors (Lipinski definition) is 4. The van der Waals surface area contributed by atoms with Gasteiger partial charge in [-0.05, 0) is 42.3 Å². The molecule has 0 fully saturated rings. The molecule has 1 amide bonds. The van der Waals surface area contributed by atoms with E-state index in [-0.39, 0.29) is 11.9 Å². The Kier molecular flexibility index (Phi) is 5.71. The summed E-state index contributed by atoms with van der Waals surface area (Å²) < 4.78 is 10.5. The minimum atomic E-state index is -0.306. The lowest BCUT2D eigenvalue weighted by Crippen LogP contribution is -2.29. The van der Waals surface area contributed by atoms with Gasteiger partial charge >= 0.3 is 0 Å². The molecule has 0 radical (unpaired) electrons. The van der Waals surface area contributed by atoms with Gasteiger partial charge in [0.1, 0.15) is 0 Å². The number of rotatable bonds is 6. The van der Waals surface area contributed by atoms with Gasteiger partial charge in [-0.3, -0.25) is 9.78 Å². The number of benzene rings is 2. The molecule has 138 valence electrons. The number of hydrogen-bond donors (Lipinski definition) is 1. The van der Waals surface area contributed by atoms with Crippen LogP contribution in [0.5, 0.6) is 11.5 Å². The molecule has 1 aromatic heterocycles. The molecule has 5 nitrogen and oxygen atoms in total. The van der Waals surface area contributed by atoms with Gasteiger partial charge in [-0.15, -0.1) is 0 Å². The van der Waals surface area contributed by atoms with E-state index < -0.39 is 0 Å². The standard InChI is InChI=1S/C22H22N2O3/c1-15-6-8-16(9-7-15)21(18-5-4-12-23-14-18)24-22(25)17-10-11-19(26-2)20(13-17)27-3/h4-14,21H,1-3H3,(H,24,25)/t21-/m1/s1. The van der Waals surface area contributed by atoms with Crippen molar-refractivity contribution in [1.29, 1.82) is 0 Å². The zero-order chi connectivity index (χ0) is 19.2. The number of aryl methyl sites for hydroxylation is 1. The van der Waals surface area contributed by atoms with Crippen LogP contribution in [-0.4, -0.2) is 25.1 Å². The van der Waals surface area contributed by atoms with Crippen LogP contribution in [0.3, 0.4) is 0 Å². The fourth-order valence-corrected chi connectivity index (χ4v) is 2.86. The van der Waals surface area contributed by atoms with Crippen molar-refractivity contribution in [3.05, 3.63) is 89.2 Å². The summed E-state index contributed by atoms with van der Waals surface area (Å²) in [6.45, 7) is 2.03. The maximum absolute atomic E-state index is 12.9. The zero-order valence-electron chi connectivity index (χ0n) is 15.6. The Labute approximate surface area is 159 Å². The van der Waals surface area contributed by atoms with Gasteiger partial charge in [0.25, 0.3) is 5.91 Å². The summed E-state index contributed by atoms with van der Waals surface area (Å²) in [5.41, 5.74) is 3.56. The van der Waals surface area contributed by atoms with Crippen LogP contribution in [0.2, 0.25) is 0 Å². The molecule has 27 heavy (non-hydrogen) atoms. The van der Waals surface area contributed by atoms with Crippen molar-refractivity contribution in [2.45, 2.75) is 13.0 Å². The molecule has 3 aromatic rings. The zero-order valence-corrected chi connectivity index (χ0v) is 15.6.